The smallest absolute Gasteiger partial charge is 0.348 e. The number of nitrogens with one attached hydrogen (secondary N) is 1. The summed E-state index contributed by atoms with van der Waals surface area (Å²) in [5.41, 5.74) is 0.163. The predicted octanol–water partition coefficient (Wildman–Crippen LogP) is 2.67. The van der Waals surface area contributed by atoms with Gasteiger partial charge in [-0.3, -0.25) is 4.79 Å². The van der Waals surface area contributed by atoms with E-state index in [1.165, 1.54) is 0 Å². The van der Waals surface area contributed by atoms with Crippen LogP contribution in [0.4, 0.5) is 5.69 Å². The van der Waals surface area contributed by atoms with Crippen LogP contribution in [0.25, 0.3) is 0 Å². The maximum absolute atomic E-state index is 11.9. The van der Waals surface area contributed by atoms with Crippen LogP contribution in [0.5, 0.6) is 0 Å². The Balaban J connectivity index is 3.24. The molecule has 0 aromatic carbocycles. The van der Waals surface area contributed by atoms with Crippen LogP contribution in [0.15, 0.2) is 0 Å². The highest BCUT2D eigenvalue weighted by Gasteiger charge is 2.27. The standard InChI is InChI=1S/C13H17NO5S/c1-4-6-8(15)14-10-9(13(18)19-5-2)7(3)20-11(10)12(16)17/h4-6H2,1-3H3,(H,14,15)(H,16,17). The maximum atomic E-state index is 11.9. The van der Waals surface area contributed by atoms with Crippen molar-refractivity contribution in [3.05, 3.63) is 15.3 Å². The Kier molecular flexibility index (Phi) is 5.69. The molecule has 0 bridgehead atoms. The van der Waals surface area contributed by atoms with Gasteiger partial charge in [0.05, 0.1) is 17.9 Å². The fourth-order valence-corrected chi connectivity index (χ4v) is 2.63. The van der Waals surface area contributed by atoms with E-state index in [1.807, 2.05) is 6.92 Å². The second-order valence-corrected chi connectivity index (χ2v) is 5.29. The first kappa shape index (κ1) is 16.2. The van der Waals surface area contributed by atoms with E-state index in [-0.39, 0.29) is 35.1 Å². The van der Waals surface area contributed by atoms with Crippen molar-refractivity contribution in [2.45, 2.75) is 33.6 Å². The number of esters is 1. The lowest BCUT2D eigenvalue weighted by molar-refractivity contribution is -0.116. The van der Waals surface area contributed by atoms with Gasteiger partial charge in [-0.1, -0.05) is 6.92 Å². The van der Waals surface area contributed by atoms with E-state index in [1.54, 1.807) is 13.8 Å². The number of amides is 1. The van der Waals surface area contributed by atoms with E-state index >= 15 is 0 Å². The van der Waals surface area contributed by atoms with Gasteiger partial charge in [0.2, 0.25) is 5.91 Å². The summed E-state index contributed by atoms with van der Waals surface area (Å²) in [6.45, 7) is 5.30. The molecule has 0 fully saturated rings. The summed E-state index contributed by atoms with van der Waals surface area (Å²) in [4.78, 5) is 35.2. The number of thiophene rings is 1. The number of anilines is 1. The molecule has 0 spiro atoms. The van der Waals surface area contributed by atoms with E-state index in [4.69, 9.17) is 9.84 Å². The third-order valence-corrected chi connectivity index (χ3v) is 3.59. The summed E-state index contributed by atoms with van der Waals surface area (Å²) in [7, 11) is 0. The molecule has 110 valence electrons. The van der Waals surface area contributed by atoms with Gasteiger partial charge in [0.15, 0.2) is 0 Å². The molecular formula is C13H17NO5S. The molecule has 0 aliphatic rings. The van der Waals surface area contributed by atoms with Crippen molar-refractivity contribution in [3.8, 4) is 0 Å². The van der Waals surface area contributed by atoms with Crippen LogP contribution in [-0.4, -0.2) is 29.6 Å². The highest BCUT2D eigenvalue weighted by molar-refractivity contribution is 7.15. The minimum Gasteiger partial charge on any atom is -0.477 e. The fraction of sp³-hybridized carbons (Fsp3) is 0.462. The van der Waals surface area contributed by atoms with Crippen LogP contribution in [-0.2, 0) is 9.53 Å². The SMILES string of the molecule is CCCC(=O)Nc1c(C(=O)O)sc(C)c1C(=O)OCC. The second kappa shape index (κ2) is 7.04. The molecule has 0 unspecified atom stereocenters. The monoisotopic (exact) mass is 299 g/mol. The molecule has 6 nitrogen and oxygen atoms in total. The third kappa shape index (κ3) is 3.57. The van der Waals surface area contributed by atoms with Crippen molar-refractivity contribution in [3.63, 3.8) is 0 Å². The highest BCUT2D eigenvalue weighted by atomic mass is 32.1. The lowest BCUT2D eigenvalue weighted by Crippen LogP contribution is -2.16. The van der Waals surface area contributed by atoms with E-state index in [0.29, 0.717) is 11.3 Å². The fourth-order valence-electron chi connectivity index (χ4n) is 1.69. The zero-order chi connectivity index (χ0) is 15.3. The zero-order valence-electron chi connectivity index (χ0n) is 11.6. The lowest BCUT2D eigenvalue weighted by atomic mass is 10.2. The van der Waals surface area contributed by atoms with Crippen LogP contribution in [0.2, 0.25) is 0 Å². The number of carboxylic acids is 1. The maximum Gasteiger partial charge on any atom is 0.348 e. The number of hydrogen-bond acceptors (Lipinski definition) is 5. The first-order chi connectivity index (χ1) is 9.42. The molecule has 1 aromatic heterocycles. The van der Waals surface area contributed by atoms with Crippen molar-refractivity contribution in [1.29, 1.82) is 0 Å². The number of aromatic carboxylic acids is 1. The average Bonchev–Trinajstić information content (AvgIpc) is 2.67. The summed E-state index contributed by atoms with van der Waals surface area (Å²) >= 11 is 0.948. The van der Waals surface area contributed by atoms with Gasteiger partial charge in [0.25, 0.3) is 0 Å². The largest absolute Gasteiger partial charge is 0.477 e. The van der Waals surface area contributed by atoms with Crippen LogP contribution in [0.3, 0.4) is 0 Å². The second-order valence-electron chi connectivity index (χ2n) is 4.06. The quantitative estimate of drug-likeness (QED) is 0.788. The number of carboxylic acid groups (broad SMARTS) is 1. The molecule has 0 saturated heterocycles. The number of carbonyl (C=O) groups is 3. The Bertz CT molecular complexity index is 535. The first-order valence-corrected chi connectivity index (χ1v) is 7.07. The number of hydrogen-bond donors (Lipinski definition) is 2. The van der Waals surface area contributed by atoms with Gasteiger partial charge in [0.1, 0.15) is 4.88 Å². The molecule has 0 aliphatic heterocycles. The molecule has 1 heterocycles. The molecule has 20 heavy (non-hydrogen) atoms. The van der Waals surface area contributed by atoms with Crippen molar-refractivity contribution in [2.24, 2.45) is 0 Å². The normalized spacial score (nSPS) is 10.2. The molecule has 1 aromatic rings. The number of carbonyl (C=O) groups excluding carboxylic acids is 2. The van der Waals surface area contributed by atoms with E-state index in [0.717, 1.165) is 11.3 Å². The summed E-state index contributed by atoms with van der Waals surface area (Å²) in [5.74, 6) is -2.13. The van der Waals surface area contributed by atoms with E-state index < -0.39 is 11.9 Å². The molecular weight excluding hydrogens is 282 g/mol. The van der Waals surface area contributed by atoms with Crippen molar-refractivity contribution < 1.29 is 24.2 Å². The highest BCUT2D eigenvalue weighted by Crippen LogP contribution is 2.33. The van der Waals surface area contributed by atoms with E-state index in [2.05, 4.69) is 5.32 Å². The van der Waals surface area contributed by atoms with Crippen molar-refractivity contribution >= 4 is 34.9 Å². The Morgan fingerprint density at radius 2 is 1.95 bits per heavy atom. The van der Waals surface area contributed by atoms with Crippen LogP contribution < -0.4 is 5.32 Å². The number of aryl methyl sites for hydroxylation is 1. The molecule has 2 N–H and O–H groups in total. The Labute approximate surface area is 120 Å². The molecule has 7 heteroatoms. The summed E-state index contributed by atoms with van der Waals surface area (Å²) in [5, 5.41) is 11.7. The van der Waals surface area contributed by atoms with Gasteiger partial charge < -0.3 is 15.2 Å². The van der Waals surface area contributed by atoms with Crippen LogP contribution in [0.1, 0.15) is 51.6 Å². The van der Waals surface area contributed by atoms with Gasteiger partial charge in [-0.15, -0.1) is 11.3 Å². The first-order valence-electron chi connectivity index (χ1n) is 6.25. The molecule has 0 aliphatic carbocycles. The minimum atomic E-state index is -1.18. The van der Waals surface area contributed by atoms with Crippen LogP contribution in [0, 0.1) is 6.92 Å². The number of rotatable bonds is 6. The Hall–Kier alpha value is -1.89. The van der Waals surface area contributed by atoms with Gasteiger partial charge in [-0.25, -0.2) is 9.59 Å². The topological polar surface area (TPSA) is 92.7 Å². The van der Waals surface area contributed by atoms with Crippen LogP contribution >= 0.6 is 11.3 Å². The summed E-state index contributed by atoms with van der Waals surface area (Å²) in [6, 6.07) is 0. The average molecular weight is 299 g/mol. The Morgan fingerprint density at radius 1 is 1.30 bits per heavy atom. The molecule has 0 radical (unpaired) electrons. The van der Waals surface area contributed by atoms with E-state index in [9.17, 15) is 14.4 Å². The van der Waals surface area contributed by atoms with Crippen molar-refractivity contribution in [1.82, 2.24) is 0 Å². The lowest BCUT2D eigenvalue weighted by Gasteiger charge is -2.08. The summed E-state index contributed by atoms with van der Waals surface area (Å²) in [6.07, 6.45) is 0.891. The predicted molar refractivity (Wildman–Crippen MR) is 75.5 cm³/mol. The zero-order valence-corrected chi connectivity index (χ0v) is 12.4. The minimum absolute atomic E-state index is 0.0388. The summed E-state index contributed by atoms with van der Waals surface area (Å²) < 4.78 is 4.91. The van der Waals surface area contributed by atoms with Crippen molar-refractivity contribution in [2.75, 3.05) is 11.9 Å². The molecule has 0 atom stereocenters. The van der Waals surface area contributed by atoms with Gasteiger partial charge in [-0.2, -0.15) is 0 Å². The van der Waals surface area contributed by atoms with Gasteiger partial charge >= 0.3 is 11.9 Å². The molecule has 0 saturated carbocycles. The van der Waals surface area contributed by atoms with Gasteiger partial charge in [0, 0.05) is 11.3 Å². The molecule has 1 amide bonds. The Morgan fingerprint density at radius 3 is 2.45 bits per heavy atom. The number of ether oxygens (including phenoxy) is 1. The van der Waals surface area contributed by atoms with Gasteiger partial charge in [-0.05, 0) is 20.3 Å². The molecule has 1 rings (SSSR count). The third-order valence-electron chi connectivity index (χ3n) is 2.50.